The molecule has 0 saturated carbocycles. The molecular weight excluding hydrogens is 315 g/mol. The maximum Gasteiger partial charge on any atom is 0.457 e. The summed E-state index contributed by atoms with van der Waals surface area (Å²) in [6.45, 7) is 0.717. The van der Waals surface area contributed by atoms with Crippen LogP contribution in [-0.4, -0.2) is 36.9 Å². The van der Waals surface area contributed by atoms with Gasteiger partial charge in [-0.2, -0.15) is 22.0 Å². The molecule has 0 aliphatic carbocycles. The summed E-state index contributed by atoms with van der Waals surface area (Å²) in [5.74, 6) is -7.98. The van der Waals surface area contributed by atoms with E-state index in [-0.39, 0.29) is 5.75 Å². The number of carbonyl (C=O) groups is 1. The zero-order valence-corrected chi connectivity index (χ0v) is 11.6. The summed E-state index contributed by atoms with van der Waals surface area (Å²) in [6.07, 6.45) is -6.17. The van der Waals surface area contributed by atoms with Crippen LogP contribution in [0.5, 0.6) is 5.75 Å². The Labute approximate surface area is 122 Å². The summed E-state index contributed by atoms with van der Waals surface area (Å²) in [7, 11) is 1.14. The van der Waals surface area contributed by atoms with Crippen LogP contribution in [0.15, 0.2) is 24.3 Å². The third kappa shape index (κ3) is 2.85. The molecule has 0 spiro atoms. The number of hydrogen-bond acceptors (Lipinski definition) is 4. The molecule has 1 N–H and O–H groups in total. The number of rotatable bonds is 5. The zero-order valence-electron chi connectivity index (χ0n) is 11.6. The molecule has 1 aromatic carbocycles. The molecule has 0 aliphatic heterocycles. The van der Waals surface area contributed by atoms with Gasteiger partial charge in [-0.15, -0.1) is 0 Å². The van der Waals surface area contributed by atoms with Crippen LogP contribution in [0.25, 0.3) is 0 Å². The molecule has 124 valence electrons. The fraction of sp³-hybridized carbons (Fsp3) is 0.462. The first-order valence-electron chi connectivity index (χ1n) is 6.01. The van der Waals surface area contributed by atoms with Crippen molar-refractivity contribution in [2.75, 3.05) is 13.7 Å². The van der Waals surface area contributed by atoms with Crippen LogP contribution in [-0.2, 0) is 15.1 Å². The van der Waals surface area contributed by atoms with Gasteiger partial charge in [0.2, 0.25) is 0 Å². The summed E-state index contributed by atoms with van der Waals surface area (Å²) in [5.41, 5.74) is -5.22. The quantitative estimate of drug-likeness (QED) is 0.667. The second-order valence-electron chi connectivity index (χ2n) is 4.23. The van der Waals surface area contributed by atoms with Crippen molar-refractivity contribution in [3.05, 3.63) is 29.8 Å². The SMILES string of the molecule is CCOC(=O)C(O)(c1cccc(OC)c1)C(F)(F)C(F)(F)F. The van der Waals surface area contributed by atoms with E-state index in [0.29, 0.717) is 6.07 Å². The number of carbonyl (C=O) groups excluding carboxylic acids is 1. The molecule has 9 heteroatoms. The van der Waals surface area contributed by atoms with E-state index in [2.05, 4.69) is 4.74 Å². The second kappa shape index (κ2) is 6.07. The molecule has 1 aromatic rings. The molecule has 0 fully saturated rings. The minimum absolute atomic E-state index is 0.113. The van der Waals surface area contributed by atoms with Crippen LogP contribution in [0.1, 0.15) is 12.5 Å². The van der Waals surface area contributed by atoms with Crippen LogP contribution >= 0.6 is 0 Å². The number of alkyl halides is 5. The van der Waals surface area contributed by atoms with Crippen LogP contribution in [0, 0.1) is 0 Å². The highest BCUT2D eigenvalue weighted by Gasteiger charge is 2.74. The molecule has 0 bridgehead atoms. The summed E-state index contributed by atoms with van der Waals surface area (Å²) in [5, 5.41) is 9.97. The zero-order chi connectivity index (χ0) is 17.2. The lowest BCUT2D eigenvalue weighted by Gasteiger charge is -2.34. The lowest BCUT2D eigenvalue weighted by atomic mass is 9.86. The number of ether oxygens (including phenoxy) is 2. The van der Waals surface area contributed by atoms with Crippen molar-refractivity contribution in [2.45, 2.75) is 24.6 Å². The number of methoxy groups -OCH3 is 1. The Hall–Kier alpha value is -1.90. The smallest absolute Gasteiger partial charge is 0.457 e. The monoisotopic (exact) mass is 328 g/mol. The Morgan fingerprint density at radius 1 is 1.23 bits per heavy atom. The largest absolute Gasteiger partial charge is 0.497 e. The van der Waals surface area contributed by atoms with E-state index in [1.165, 1.54) is 13.0 Å². The highest BCUT2D eigenvalue weighted by Crippen LogP contribution is 2.49. The van der Waals surface area contributed by atoms with Crippen molar-refractivity contribution in [3.8, 4) is 5.75 Å². The van der Waals surface area contributed by atoms with Gasteiger partial charge in [-0.3, -0.25) is 0 Å². The van der Waals surface area contributed by atoms with E-state index in [1.807, 2.05) is 0 Å². The molecule has 0 aliphatic rings. The van der Waals surface area contributed by atoms with Crippen molar-refractivity contribution in [3.63, 3.8) is 0 Å². The van der Waals surface area contributed by atoms with Crippen molar-refractivity contribution in [2.24, 2.45) is 0 Å². The topological polar surface area (TPSA) is 55.8 Å². The molecule has 0 heterocycles. The molecule has 0 aromatic heterocycles. The highest BCUT2D eigenvalue weighted by molar-refractivity contribution is 5.83. The van der Waals surface area contributed by atoms with Gasteiger partial charge in [0.05, 0.1) is 13.7 Å². The third-order valence-electron chi connectivity index (χ3n) is 2.87. The van der Waals surface area contributed by atoms with Gasteiger partial charge in [-0.1, -0.05) is 12.1 Å². The van der Waals surface area contributed by atoms with Crippen LogP contribution in [0.4, 0.5) is 22.0 Å². The summed E-state index contributed by atoms with van der Waals surface area (Å²) in [4.78, 5) is 11.7. The third-order valence-corrected chi connectivity index (χ3v) is 2.87. The van der Waals surface area contributed by atoms with Gasteiger partial charge < -0.3 is 14.6 Å². The fourth-order valence-corrected chi connectivity index (χ4v) is 1.72. The van der Waals surface area contributed by atoms with E-state index in [9.17, 15) is 31.9 Å². The number of aliphatic hydroxyl groups is 1. The van der Waals surface area contributed by atoms with E-state index in [4.69, 9.17) is 4.74 Å². The molecular formula is C13H13F5O4. The van der Waals surface area contributed by atoms with Crippen molar-refractivity contribution in [1.29, 1.82) is 0 Å². The number of hydrogen-bond donors (Lipinski definition) is 1. The standard InChI is InChI=1S/C13H13F5O4/c1-3-22-10(19)11(20,12(14,15)13(16,17)18)8-5-4-6-9(7-8)21-2/h4-7,20H,3H2,1-2H3. The van der Waals surface area contributed by atoms with Crippen molar-refractivity contribution < 1.29 is 41.3 Å². The van der Waals surface area contributed by atoms with E-state index < -0.39 is 35.8 Å². The minimum atomic E-state index is -6.17. The van der Waals surface area contributed by atoms with Gasteiger partial charge in [0.15, 0.2) is 0 Å². The first-order chi connectivity index (χ1) is 10.0. The van der Waals surface area contributed by atoms with E-state index in [1.54, 1.807) is 0 Å². The molecule has 1 atom stereocenters. The maximum atomic E-state index is 13.8. The summed E-state index contributed by atoms with van der Waals surface area (Å²) < 4.78 is 74.4. The van der Waals surface area contributed by atoms with E-state index >= 15 is 0 Å². The number of halogens is 5. The van der Waals surface area contributed by atoms with Gasteiger partial charge in [-0.25, -0.2) is 4.79 Å². The second-order valence-corrected chi connectivity index (χ2v) is 4.23. The molecule has 0 saturated heterocycles. The molecule has 1 unspecified atom stereocenters. The summed E-state index contributed by atoms with van der Waals surface area (Å²) in [6, 6.07) is 3.77. The summed E-state index contributed by atoms with van der Waals surface area (Å²) >= 11 is 0. The minimum Gasteiger partial charge on any atom is -0.497 e. The lowest BCUT2D eigenvalue weighted by molar-refractivity contribution is -0.341. The van der Waals surface area contributed by atoms with Crippen LogP contribution in [0.2, 0.25) is 0 Å². The van der Waals surface area contributed by atoms with Crippen LogP contribution < -0.4 is 4.74 Å². The van der Waals surface area contributed by atoms with Gasteiger partial charge in [0.1, 0.15) is 5.75 Å². The average Bonchev–Trinajstić information content (AvgIpc) is 2.45. The van der Waals surface area contributed by atoms with Crippen molar-refractivity contribution >= 4 is 5.97 Å². The Kier molecular flexibility index (Phi) is 5.01. The normalized spacial score (nSPS) is 15.1. The molecule has 0 amide bonds. The number of esters is 1. The Balaban J connectivity index is 3.56. The first-order valence-corrected chi connectivity index (χ1v) is 6.01. The van der Waals surface area contributed by atoms with Gasteiger partial charge >= 0.3 is 18.1 Å². The van der Waals surface area contributed by atoms with E-state index in [0.717, 1.165) is 19.2 Å². The molecule has 0 radical (unpaired) electrons. The van der Waals surface area contributed by atoms with Gasteiger partial charge in [0, 0.05) is 5.56 Å². The molecule has 1 rings (SSSR count). The predicted molar refractivity (Wildman–Crippen MR) is 64.5 cm³/mol. The van der Waals surface area contributed by atoms with Gasteiger partial charge in [-0.05, 0) is 19.1 Å². The molecule has 22 heavy (non-hydrogen) atoms. The number of benzene rings is 1. The highest BCUT2D eigenvalue weighted by atomic mass is 19.4. The van der Waals surface area contributed by atoms with Gasteiger partial charge in [0.25, 0.3) is 5.60 Å². The van der Waals surface area contributed by atoms with Crippen molar-refractivity contribution in [1.82, 2.24) is 0 Å². The maximum absolute atomic E-state index is 13.8. The Bertz CT molecular complexity index is 543. The fourth-order valence-electron chi connectivity index (χ4n) is 1.72. The predicted octanol–water partition coefficient (Wildman–Crippen LogP) is 2.64. The lowest BCUT2D eigenvalue weighted by Crippen LogP contribution is -2.59. The Morgan fingerprint density at radius 2 is 1.82 bits per heavy atom. The first kappa shape index (κ1) is 18.1. The molecule has 4 nitrogen and oxygen atoms in total. The average molecular weight is 328 g/mol. The Morgan fingerprint density at radius 3 is 2.27 bits per heavy atom. The van der Waals surface area contributed by atoms with Crippen LogP contribution in [0.3, 0.4) is 0 Å².